The van der Waals surface area contributed by atoms with Crippen molar-refractivity contribution in [2.24, 2.45) is 0 Å². The maximum atomic E-state index is 13.1. The molecule has 0 saturated heterocycles. The largest absolute Gasteiger partial charge is 0.368 e. The molecule has 0 unspecified atom stereocenters. The fourth-order valence-corrected chi connectivity index (χ4v) is 4.37. The van der Waals surface area contributed by atoms with Gasteiger partial charge in [0.05, 0.1) is 22.5 Å². The quantitative estimate of drug-likeness (QED) is 0.476. The molecule has 0 saturated carbocycles. The number of sulfonamides is 1. The van der Waals surface area contributed by atoms with Gasteiger partial charge in [0.1, 0.15) is 11.8 Å². The zero-order valence-corrected chi connectivity index (χ0v) is 18.7. The van der Waals surface area contributed by atoms with Gasteiger partial charge >= 0.3 is 0 Å². The van der Waals surface area contributed by atoms with Crippen LogP contribution in [0.3, 0.4) is 0 Å². The van der Waals surface area contributed by atoms with Crippen LogP contribution in [0.25, 0.3) is 16.9 Å². The third-order valence-corrected chi connectivity index (χ3v) is 6.42. The van der Waals surface area contributed by atoms with Crippen LogP contribution >= 0.6 is 11.6 Å². The lowest BCUT2D eigenvalue weighted by Gasteiger charge is -2.19. The Morgan fingerprint density at radius 3 is 2.45 bits per heavy atom. The summed E-state index contributed by atoms with van der Waals surface area (Å²) in [6.45, 7) is 6.21. The van der Waals surface area contributed by atoms with Crippen LogP contribution in [0.4, 0.5) is 11.6 Å². The summed E-state index contributed by atoms with van der Waals surface area (Å²) in [7, 11) is -3.85. The highest BCUT2D eigenvalue weighted by atomic mass is 35.5. The Morgan fingerprint density at radius 2 is 1.77 bits per heavy atom. The first-order chi connectivity index (χ1) is 14.5. The number of anilines is 2. The summed E-state index contributed by atoms with van der Waals surface area (Å²) >= 11 is 6.20. The zero-order chi connectivity index (χ0) is 22.4. The molecule has 3 N–H and O–H groups in total. The van der Waals surface area contributed by atoms with Crippen LogP contribution in [0.5, 0.6) is 0 Å². The van der Waals surface area contributed by atoms with Crippen molar-refractivity contribution >= 4 is 44.4 Å². The van der Waals surface area contributed by atoms with Crippen LogP contribution < -0.4 is 10.5 Å². The van der Waals surface area contributed by atoms with Crippen molar-refractivity contribution in [2.75, 3.05) is 10.5 Å². The number of rotatable bonds is 4. The molecule has 0 bridgehead atoms. The Balaban J connectivity index is 1.76. The van der Waals surface area contributed by atoms with Gasteiger partial charge in [-0.25, -0.2) is 18.4 Å². The Labute approximate surface area is 185 Å². The lowest BCUT2D eigenvalue weighted by Crippen LogP contribution is -2.16. The van der Waals surface area contributed by atoms with Gasteiger partial charge in [-0.1, -0.05) is 44.5 Å². The summed E-state index contributed by atoms with van der Waals surface area (Å²) in [6, 6.07) is 11.7. The highest BCUT2D eigenvalue weighted by Crippen LogP contribution is 2.30. The molecule has 2 aromatic carbocycles. The van der Waals surface area contributed by atoms with Gasteiger partial charge in [-0.3, -0.25) is 9.29 Å². The van der Waals surface area contributed by atoms with Crippen molar-refractivity contribution < 1.29 is 8.42 Å². The summed E-state index contributed by atoms with van der Waals surface area (Å²) in [6.07, 6.45) is 3.01. The van der Waals surface area contributed by atoms with Gasteiger partial charge in [-0.2, -0.15) is 4.98 Å². The number of aromatic nitrogens is 4. The van der Waals surface area contributed by atoms with Gasteiger partial charge < -0.3 is 5.73 Å². The Kier molecular flexibility index (Phi) is 5.10. The molecule has 0 atom stereocenters. The highest BCUT2D eigenvalue weighted by molar-refractivity contribution is 7.92. The van der Waals surface area contributed by atoms with E-state index in [1.165, 1.54) is 12.5 Å². The average Bonchev–Trinajstić information content (AvgIpc) is 3.11. The number of nitrogens with zero attached hydrogens (tertiary/aromatic N) is 4. The molecule has 4 rings (SSSR count). The van der Waals surface area contributed by atoms with E-state index in [1.807, 2.05) is 12.1 Å². The molecular formula is C21H21ClN6O2S. The summed E-state index contributed by atoms with van der Waals surface area (Å²) < 4.78 is 30.4. The number of imidazole rings is 1. The lowest BCUT2D eigenvalue weighted by molar-refractivity contribution is 0.587. The van der Waals surface area contributed by atoms with Crippen molar-refractivity contribution in [1.82, 2.24) is 19.5 Å². The molecule has 0 aliphatic heterocycles. The second-order valence-corrected chi connectivity index (χ2v) is 10.2. The van der Waals surface area contributed by atoms with Crippen LogP contribution in [-0.4, -0.2) is 27.9 Å². The van der Waals surface area contributed by atoms with Crippen LogP contribution in [0.1, 0.15) is 26.3 Å². The van der Waals surface area contributed by atoms with Gasteiger partial charge in [0, 0.05) is 5.02 Å². The second-order valence-electron chi connectivity index (χ2n) is 8.09. The van der Waals surface area contributed by atoms with Gasteiger partial charge in [0.25, 0.3) is 10.0 Å². The van der Waals surface area contributed by atoms with Crippen LogP contribution in [0, 0.1) is 0 Å². The predicted octanol–water partition coefficient (Wildman–Crippen LogP) is 4.15. The second kappa shape index (κ2) is 7.51. The number of hydrogen-bond acceptors (Lipinski definition) is 6. The molecule has 0 aliphatic rings. The predicted molar refractivity (Wildman–Crippen MR) is 122 cm³/mol. The van der Waals surface area contributed by atoms with E-state index < -0.39 is 10.0 Å². The van der Waals surface area contributed by atoms with E-state index in [-0.39, 0.29) is 16.3 Å². The summed E-state index contributed by atoms with van der Waals surface area (Å²) in [5.74, 6) is 0.0809. The lowest BCUT2D eigenvalue weighted by atomic mass is 9.87. The number of fused-ring (bicyclic) bond motifs is 1. The molecule has 2 heterocycles. The SMILES string of the molecule is CC(C)(C)c1ccc(S(=O)(=O)Nc2ccc(Cl)cc2-n2cnc3cnc(N)nc32)cc1. The van der Waals surface area contributed by atoms with Crippen molar-refractivity contribution in [3.63, 3.8) is 0 Å². The van der Waals surface area contributed by atoms with Crippen molar-refractivity contribution in [3.05, 3.63) is 65.6 Å². The van der Waals surface area contributed by atoms with Gasteiger partial charge in [-0.15, -0.1) is 0 Å². The average molecular weight is 457 g/mol. The Bertz CT molecular complexity index is 1380. The minimum Gasteiger partial charge on any atom is -0.368 e. The zero-order valence-electron chi connectivity index (χ0n) is 17.2. The Hall–Kier alpha value is -3.17. The van der Waals surface area contributed by atoms with E-state index >= 15 is 0 Å². The third-order valence-electron chi connectivity index (χ3n) is 4.80. The standard InChI is InChI=1S/C21H21ClN6O2S/c1-21(2,3)13-4-7-15(8-5-13)31(29,30)27-16-9-6-14(22)10-18(16)28-12-25-17-11-24-20(23)26-19(17)28/h4-12,27H,1-3H3,(H2,23,24,26). The number of nitrogens with one attached hydrogen (secondary N) is 1. The molecule has 0 aliphatic carbocycles. The number of halogens is 1. The number of hydrogen-bond donors (Lipinski definition) is 2. The fourth-order valence-electron chi connectivity index (χ4n) is 3.13. The molecule has 8 nitrogen and oxygen atoms in total. The van der Waals surface area contributed by atoms with Crippen molar-refractivity contribution in [3.8, 4) is 5.69 Å². The van der Waals surface area contributed by atoms with Crippen molar-refractivity contribution in [2.45, 2.75) is 31.1 Å². The molecule has 0 amide bonds. The van der Waals surface area contributed by atoms with E-state index in [0.29, 0.717) is 27.6 Å². The molecule has 160 valence electrons. The van der Waals surface area contributed by atoms with Gasteiger partial charge in [0.2, 0.25) is 5.95 Å². The van der Waals surface area contributed by atoms with Gasteiger partial charge in [0.15, 0.2) is 5.65 Å². The monoisotopic (exact) mass is 456 g/mol. The van der Waals surface area contributed by atoms with E-state index in [2.05, 4.69) is 40.4 Å². The normalized spacial score (nSPS) is 12.3. The van der Waals surface area contributed by atoms with Crippen LogP contribution in [0.2, 0.25) is 5.02 Å². The van der Waals surface area contributed by atoms with E-state index in [1.54, 1.807) is 34.9 Å². The van der Waals surface area contributed by atoms with E-state index in [0.717, 1.165) is 5.56 Å². The number of benzene rings is 2. The molecular weight excluding hydrogens is 436 g/mol. The molecule has 0 fully saturated rings. The van der Waals surface area contributed by atoms with Crippen LogP contribution in [0.15, 0.2) is 59.9 Å². The molecule has 2 aromatic heterocycles. The molecule has 4 aromatic rings. The summed E-state index contributed by atoms with van der Waals surface area (Å²) in [5.41, 5.74) is 8.41. The summed E-state index contributed by atoms with van der Waals surface area (Å²) in [5, 5.41) is 0.427. The van der Waals surface area contributed by atoms with Crippen LogP contribution in [-0.2, 0) is 15.4 Å². The maximum absolute atomic E-state index is 13.1. The smallest absolute Gasteiger partial charge is 0.261 e. The minimum absolute atomic E-state index is 0.0781. The summed E-state index contributed by atoms with van der Waals surface area (Å²) in [4.78, 5) is 12.6. The van der Waals surface area contributed by atoms with Crippen molar-refractivity contribution in [1.29, 1.82) is 0 Å². The highest BCUT2D eigenvalue weighted by Gasteiger charge is 2.20. The topological polar surface area (TPSA) is 116 Å². The molecule has 0 spiro atoms. The maximum Gasteiger partial charge on any atom is 0.261 e. The third kappa shape index (κ3) is 4.19. The molecule has 0 radical (unpaired) electrons. The minimum atomic E-state index is -3.85. The Morgan fingerprint density at radius 1 is 1.06 bits per heavy atom. The van der Waals surface area contributed by atoms with E-state index in [4.69, 9.17) is 17.3 Å². The van der Waals surface area contributed by atoms with Gasteiger partial charge in [-0.05, 0) is 41.3 Å². The first-order valence-electron chi connectivity index (χ1n) is 9.43. The van der Waals surface area contributed by atoms with E-state index in [9.17, 15) is 8.42 Å². The first-order valence-corrected chi connectivity index (χ1v) is 11.3. The fraction of sp³-hybridized carbons (Fsp3) is 0.190. The molecule has 31 heavy (non-hydrogen) atoms. The number of nitrogen functional groups attached to an aromatic ring is 1. The number of nitrogens with two attached hydrogens (primary N) is 1. The molecule has 10 heteroatoms. The first kappa shape index (κ1) is 21.1.